The molecule has 1 rings (SSSR count). The van der Waals surface area contributed by atoms with Crippen LogP contribution in [0.3, 0.4) is 0 Å². The van der Waals surface area contributed by atoms with E-state index in [9.17, 15) is 0 Å². The maximum absolute atomic E-state index is 5.68. The molecule has 1 aromatic heterocycles. The summed E-state index contributed by atoms with van der Waals surface area (Å²) in [5.74, 6) is 0. The second-order valence-corrected chi connectivity index (χ2v) is 5.73. The number of nitrogens with one attached hydrogen (secondary N) is 1. The molecule has 1 N–H and O–H groups in total. The van der Waals surface area contributed by atoms with Crippen LogP contribution >= 0.6 is 11.3 Å². The minimum Gasteiger partial charge on any atom is -0.369 e. The molecular weight excluding hydrogens is 220 g/mol. The average Bonchev–Trinajstić information content (AvgIpc) is 2.63. The van der Waals surface area contributed by atoms with Crippen LogP contribution in [0, 0.1) is 0 Å². The Morgan fingerprint density at radius 3 is 2.75 bits per heavy atom. The van der Waals surface area contributed by atoms with Gasteiger partial charge in [-0.2, -0.15) is 0 Å². The summed E-state index contributed by atoms with van der Waals surface area (Å²) in [6.07, 6.45) is 1.94. The Labute approximate surface area is 102 Å². The van der Waals surface area contributed by atoms with Crippen LogP contribution in [0.2, 0.25) is 0 Å². The Morgan fingerprint density at radius 2 is 2.19 bits per heavy atom. The lowest BCUT2D eigenvalue weighted by Gasteiger charge is -2.21. The Hall–Kier alpha value is -0.450. The molecule has 3 nitrogen and oxygen atoms in total. The highest BCUT2D eigenvalue weighted by Gasteiger charge is 2.24. The summed E-state index contributed by atoms with van der Waals surface area (Å²) in [7, 11) is 0. The summed E-state index contributed by atoms with van der Waals surface area (Å²) < 4.78 is 5.68. The summed E-state index contributed by atoms with van der Waals surface area (Å²) in [4.78, 5) is 5.70. The van der Waals surface area contributed by atoms with E-state index in [1.165, 1.54) is 4.88 Å². The summed E-state index contributed by atoms with van der Waals surface area (Å²) in [6.45, 7) is 12.0. The van der Waals surface area contributed by atoms with Gasteiger partial charge >= 0.3 is 0 Å². The van der Waals surface area contributed by atoms with Gasteiger partial charge in [0.2, 0.25) is 0 Å². The first kappa shape index (κ1) is 13.6. The predicted octanol–water partition coefficient (Wildman–Crippen LogP) is 2.91. The van der Waals surface area contributed by atoms with Gasteiger partial charge in [-0.25, -0.2) is 4.98 Å². The molecule has 92 valence electrons. The largest absolute Gasteiger partial charge is 0.369 e. The number of aromatic nitrogens is 1. The molecule has 0 aromatic carbocycles. The maximum Gasteiger partial charge on any atom is 0.124 e. The second kappa shape index (κ2) is 5.75. The third-order valence-corrected chi connectivity index (χ3v) is 3.56. The molecule has 0 atom stereocenters. The molecule has 0 amide bonds. The smallest absolute Gasteiger partial charge is 0.124 e. The Kier molecular flexibility index (Phi) is 4.89. The van der Waals surface area contributed by atoms with E-state index in [4.69, 9.17) is 4.74 Å². The minimum atomic E-state index is -0.268. The normalized spacial score (nSPS) is 12.4. The van der Waals surface area contributed by atoms with E-state index >= 15 is 0 Å². The predicted molar refractivity (Wildman–Crippen MR) is 68.7 cm³/mol. The highest BCUT2D eigenvalue weighted by atomic mass is 32.1. The van der Waals surface area contributed by atoms with E-state index in [0.717, 1.165) is 11.6 Å². The van der Waals surface area contributed by atoms with Crippen molar-refractivity contribution in [3.63, 3.8) is 0 Å². The monoisotopic (exact) mass is 242 g/mol. The van der Waals surface area contributed by atoms with Gasteiger partial charge < -0.3 is 10.1 Å². The third kappa shape index (κ3) is 3.85. The van der Waals surface area contributed by atoms with Crippen LogP contribution in [0.4, 0.5) is 0 Å². The molecule has 0 saturated heterocycles. The van der Waals surface area contributed by atoms with E-state index in [-0.39, 0.29) is 5.60 Å². The molecule has 0 spiro atoms. The number of hydrogen-bond acceptors (Lipinski definition) is 4. The molecule has 0 unspecified atom stereocenters. The number of rotatable bonds is 6. The van der Waals surface area contributed by atoms with Crippen LogP contribution in [-0.4, -0.2) is 17.6 Å². The first-order valence-electron chi connectivity index (χ1n) is 5.78. The van der Waals surface area contributed by atoms with E-state index in [2.05, 4.69) is 38.0 Å². The van der Waals surface area contributed by atoms with Gasteiger partial charge in [0, 0.05) is 30.3 Å². The van der Waals surface area contributed by atoms with Gasteiger partial charge in [-0.15, -0.1) is 11.3 Å². The molecule has 16 heavy (non-hydrogen) atoms. The molecule has 0 bridgehead atoms. The zero-order chi connectivity index (χ0) is 12.2. The minimum absolute atomic E-state index is 0.268. The van der Waals surface area contributed by atoms with Crippen molar-refractivity contribution in [1.82, 2.24) is 10.3 Å². The van der Waals surface area contributed by atoms with E-state index in [1.807, 2.05) is 13.1 Å². The van der Waals surface area contributed by atoms with Gasteiger partial charge in [0.1, 0.15) is 10.6 Å². The first-order valence-corrected chi connectivity index (χ1v) is 6.60. The summed E-state index contributed by atoms with van der Waals surface area (Å²) in [5.41, 5.74) is -0.268. The second-order valence-electron chi connectivity index (χ2n) is 4.61. The van der Waals surface area contributed by atoms with Gasteiger partial charge in [-0.3, -0.25) is 0 Å². The van der Waals surface area contributed by atoms with Crippen molar-refractivity contribution in [3.05, 3.63) is 16.1 Å². The van der Waals surface area contributed by atoms with Crippen molar-refractivity contribution < 1.29 is 4.74 Å². The first-order chi connectivity index (χ1) is 7.45. The zero-order valence-electron chi connectivity index (χ0n) is 10.8. The zero-order valence-corrected chi connectivity index (χ0v) is 11.6. The molecule has 0 aliphatic rings. The molecule has 1 aromatic rings. The van der Waals surface area contributed by atoms with Crippen LogP contribution in [0.1, 0.15) is 44.5 Å². The lowest BCUT2D eigenvalue weighted by atomic mass is 10.1. The standard InChI is InChI=1S/C12H22N2OS/c1-6-15-12(4,5)11-14-8-10(16-11)7-13-9(2)3/h8-9,13H,6-7H2,1-5H3. The van der Waals surface area contributed by atoms with Crippen LogP contribution in [0.15, 0.2) is 6.20 Å². The molecule has 0 fully saturated rings. The lowest BCUT2D eigenvalue weighted by Crippen LogP contribution is -2.21. The quantitative estimate of drug-likeness (QED) is 0.833. The van der Waals surface area contributed by atoms with E-state index in [1.54, 1.807) is 11.3 Å². The van der Waals surface area contributed by atoms with Crippen molar-refractivity contribution in [2.24, 2.45) is 0 Å². The van der Waals surface area contributed by atoms with Gasteiger partial charge in [0.15, 0.2) is 0 Å². The number of hydrogen-bond donors (Lipinski definition) is 1. The number of nitrogens with zero attached hydrogens (tertiary/aromatic N) is 1. The molecule has 0 radical (unpaired) electrons. The molecule has 0 saturated carbocycles. The maximum atomic E-state index is 5.68. The van der Waals surface area contributed by atoms with Crippen LogP contribution in [-0.2, 0) is 16.9 Å². The van der Waals surface area contributed by atoms with E-state index in [0.29, 0.717) is 12.6 Å². The topological polar surface area (TPSA) is 34.1 Å². The summed E-state index contributed by atoms with van der Waals surface area (Å²) in [6, 6.07) is 0.505. The SMILES string of the molecule is CCOC(C)(C)c1ncc(CNC(C)C)s1. The van der Waals surface area contributed by atoms with Crippen LogP contribution in [0.5, 0.6) is 0 Å². The van der Waals surface area contributed by atoms with Crippen molar-refractivity contribution in [2.75, 3.05) is 6.61 Å². The Bertz CT molecular complexity index is 321. The molecule has 4 heteroatoms. The molecule has 1 heterocycles. The fourth-order valence-electron chi connectivity index (χ4n) is 1.39. The van der Waals surface area contributed by atoms with Crippen LogP contribution in [0.25, 0.3) is 0 Å². The summed E-state index contributed by atoms with van der Waals surface area (Å²) >= 11 is 1.72. The fraction of sp³-hybridized carbons (Fsp3) is 0.750. The van der Waals surface area contributed by atoms with Gasteiger partial charge in [-0.1, -0.05) is 13.8 Å². The van der Waals surface area contributed by atoms with Crippen molar-refractivity contribution >= 4 is 11.3 Å². The Morgan fingerprint density at radius 1 is 1.50 bits per heavy atom. The van der Waals surface area contributed by atoms with Crippen molar-refractivity contribution in [3.8, 4) is 0 Å². The number of ether oxygens (including phenoxy) is 1. The van der Waals surface area contributed by atoms with Crippen molar-refractivity contribution in [1.29, 1.82) is 0 Å². The fourth-order valence-corrected chi connectivity index (χ4v) is 2.31. The van der Waals surface area contributed by atoms with Crippen molar-refractivity contribution in [2.45, 2.75) is 52.8 Å². The summed E-state index contributed by atoms with van der Waals surface area (Å²) in [5, 5.41) is 4.44. The molecular formula is C12H22N2OS. The molecule has 0 aliphatic carbocycles. The van der Waals surface area contributed by atoms with Gasteiger partial charge in [-0.05, 0) is 20.8 Å². The van der Waals surface area contributed by atoms with E-state index < -0.39 is 0 Å². The number of thiazole rings is 1. The third-order valence-electron chi connectivity index (χ3n) is 2.26. The van der Waals surface area contributed by atoms with Gasteiger partial charge in [0.25, 0.3) is 0 Å². The average molecular weight is 242 g/mol. The lowest BCUT2D eigenvalue weighted by molar-refractivity contribution is -0.0141. The molecule has 0 aliphatic heterocycles. The van der Waals surface area contributed by atoms with Crippen LogP contribution < -0.4 is 5.32 Å². The van der Waals surface area contributed by atoms with Gasteiger partial charge in [0.05, 0.1) is 0 Å². The highest BCUT2D eigenvalue weighted by Crippen LogP contribution is 2.28. The highest BCUT2D eigenvalue weighted by molar-refractivity contribution is 7.11. The Balaban J connectivity index is 2.63.